The van der Waals surface area contributed by atoms with Crippen LogP contribution in [-0.4, -0.2) is 206 Å². The normalized spacial score (nSPS) is 22.8. The first kappa shape index (κ1) is 91.2. The molecule has 0 spiro atoms. The molecule has 11 N–H and O–H groups in total. The van der Waals surface area contributed by atoms with Gasteiger partial charge in [0.2, 0.25) is 29.5 Å². The second-order valence-electron chi connectivity index (χ2n) is 31.0. The summed E-state index contributed by atoms with van der Waals surface area (Å²) in [6.45, 7) is 18.8. The van der Waals surface area contributed by atoms with E-state index >= 15 is 0 Å². The monoisotopic (exact) mass is 1630 g/mol. The number of carbonyl (C=O) groups excluding carboxylic acids is 5. The number of amides is 5. The number of hydrogen-bond acceptors (Lipinski definition) is 19. The summed E-state index contributed by atoms with van der Waals surface area (Å²) in [6, 6.07) is 44.3. The molecule has 638 valence electrons. The van der Waals surface area contributed by atoms with Crippen LogP contribution in [0.4, 0.5) is 0 Å². The molecule has 119 heavy (non-hydrogen) atoms. The molecule has 4 aliphatic heterocycles. The van der Waals surface area contributed by atoms with Gasteiger partial charge in [0.25, 0.3) is 0 Å². The van der Waals surface area contributed by atoms with Crippen molar-refractivity contribution in [3.63, 3.8) is 0 Å². The van der Waals surface area contributed by atoms with Gasteiger partial charge in [-0.1, -0.05) is 146 Å². The number of rotatable bonds is 33. The molecule has 2 bridgehead atoms. The summed E-state index contributed by atoms with van der Waals surface area (Å²) in [5.74, 6) is 0.810. The minimum absolute atomic E-state index is 0.00103. The molecule has 15 atom stereocenters. The summed E-state index contributed by atoms with van der Waals surface area (Å²) in [7, 11) is 4.96. The second-order valence-corrected chi connectivity index (χ2v) is 31.0. The molecule has 7 aliphatic rings. The van der Waals surface area contributed by atoms with Gasteiger partial charge in [-0.2, -0.15) is 0 Å². The molecule has 6 aromatic rings. The van der Waals surface area contributed by atoms with Crippen molar-refractivity contribution in [1.82, 2.24) is 41.3 Å². The van der Waals surface area contributed by atoms with Gasteiger partial charge in [0.05, 0.1) is 89.9 Å². The number of methoxy groups -OCH3 is 3. The first-order valence-corrected chi connectivity index (χ1v) is 41.6. The lowest BCUT2D eigenvalue weighted by molar-refractivity contribution is -0.148. The molecule has 0 radical (unpaired) electrons. The maximum absolute atomic E-state index is 13.6. The zero-order valence-electron chi connectivity index (χ0n) is 68.9. The largest absolute Gasteiger partial charge is 0.497 e. The number of carbonyl (C=O) groups is 6. The van der Waals surface area contributed by atoms with Crippen molar-refractivity contribution >= 4 is 35.5 Å². The number of hydrogen-bond donors (Lipinski definition) is 10. The van der Waals surface area contributed by atoms with Crippen molar-refractivity contribution < 1.29 is 77.6 Å². The highest BCUT2D eigenvalue weighted by Crippen LogP contribution is 2.45. The van der Waals surface area contributed by atoms with Crippen molar-refractivity contribution in [1.29, 1.82) is 0 Å². The number of nitrogens with one attached hydrogen (secondary N) is 5. The number of likely N-dealkylation sites (tertiary alicyclic amines) is 3. The maximum atomic E-state index is 13.6. The fraction of sp³-hybridized carbons (Fsp3) is 0.447. The zero-order chi connectivity index (χ0) is 84.7. The van der Waals surface area contributed by atoms with Crippen LogP contribution in [-0.2, 0) is 62.2 Å². The third-order valence-corrected chi connectivity index (χ3v) is 23.0. The quantitative estimate of drug-likeness (QED) is 0.0171. The predicted molar refractivity (Wildman–Crippen MR) is 457 cm³/mol. The fourth-order valence-electron chi connectivity index (χ4n) is 16.6. The number of β-amino-alcohol motifs (C(OH)–C–C–N with tert-alkyl or cyclic N) is 1. The van der Waals surface area contributed by atoms with Gasteiger partial charge < -0.3 is 95.9 Å². The summed E-state index contributed by atoms with van der Waals surface area (Å²) in [4.78, 5) is 78.8. The number of carboxylic acid groups (broad SMARTS) is 1. The van der Waals surface area contributed by atoms with E-state index in [9.17, 15) is 44.1 Å². The SMILES string of the molecule is C=CCC(C(=O)O)N1CCCC1=O.C=CCOC1CC(NC[C@@H](O)[C@@H](N)Cc2ccccc2)c2cc(OC)ccc21.C=CCOC1CC(NC[C@@H](O)[C@H](Cc2ccccc2)NC(=O)C(CC=C)N2CCCC2=O)c2cc(OC)ccc21.COc1ccc2c(c1)C1CC2OCC=CCC(N2CCCC2=O)C(=O)N[C@@H](Cc2ccccc2)[C@H](O)CN1. The Bertz CT molecular complexity index is 4350. The third kappa shape index (κ3) is 25.5. The van der Waals surface area contributed by atoms with Crippen molar-refractivity contribution in [3.8, 4) is 17.2 Å². The molecule has 0 saturated carbocycles. The molecule has 4 heterocycles. The standard InChI is InChI=1S/C32H41N3O5.C30H37N3O5.C23H30N2O3.C9H13NO3/c1-4-10-28(35-16-9-13-31(35)37)32(38)34-27(18-22-11-7-6-8-12-22)29(36)21-33-26-20-30(40-17-5-2)24-15-14-23(39-3)19-25(24)26;1-37-21-12-13-22-23(17-21)24-18-28(22)38-15-6-5-10-26(33-14-7-11-29(33)35)30(36)32-25(27(34)19-31-24)16-20-8-3-2-4-9-20;1-3-11-28-23-14-21(19-13-17(27-2)9-10-18(19)23)25-15-22(26)20(24)12-16-7-5-4-6-8-16;1-2-4-7(9(12)13)10-6-3-5-8(10)11/h4-8,11-12,14-15,19,26-30,33,36H,1-2,9-10,13,16-18,20-21H2,3H3,(H,34,38);2-6,8-9,12-13,17,24-28,31,34H,7,10-11,14-16,18-19H2,1H3,(H,32,36);3-10,13,20-23,25-26H,1,11-12,14-15,24H2,2H3;2,7H,1,3-6H2,(H,12,13)/t26?,27-,28?,29+,30?;24?,25-,26?,27+,28?;20-,21?,22+,23?;/m000./s1. The molecule has 3 fully saturated rings. The Kier molecular flexibility index (Phi) is 35.6. The molecule has 3 saturated heterocycles. The van der Waals surface area contributed by atoms with Crippen LogP contribution < -0.4 is 46.5 Å². The minimum Gasteiger partial charge on any atom is -0.497 e. The number of ether oxygens (including phenoxy) is 6. The summed E-state index contributed by atoms with van der Waals surface area (Å²) < 4.78 is 34.5. The van der Waals surface area contributed by atoms with Crippen LogP contribution in [0.1, 0.15) is 164 Å². The molecule has 9 unspecified atom stereocenters. The van der Waals surface area contributed by atoms with Crippen molar-refractivity contribution in [2.75, 3.05) is 80.4 Å². The lowest BCUT2D eigenvalue weighted by atomic mass is 9.99. The Balaban J connectivity index is 0.000000176. The molecule has 5 amide bonds. The van der Waals surface area contributed by atoms with Gasteiger partial charge >= 0.3 is 5.97 Å². The summed E-state index contributed by atoms with van der Waals surface area (Å²) in [6.07, 6.45) is 16.6. The van der Waals surface area contributed by atoms with Gasteiger partial charge in [-0.3, -0.25) is 24.0 Å². The van der Waals surface area contributed by atoms with Crippen LogP contribution in [0.3, 0.4) is 0 Å². The summed E-state index contributed by atoms with van der Waals surface area (Å²) in [5, 5.41) is 58.8. The van der Waals surface area contributed by atoms with Gasteiger partial charge in [0.15, 0.2) is 0 Å². The van der Waals surface area contributed by atoms with Crippen molar-refractivity contribution in [2.24, 2.45) is 5.73 Å². The summed E-state index contributed by atoms with van der Waals surface area (Å²) in [5.41, 5.74) is 16.1. The van der Waals surface area contributed by atoms with E-state index in [1.54, 1.807) is 49.4 Å². The van der Waals surface area contributed by atoms with Gasteiger partial charge in [-0.25, -0.2) is 4.79 Å². The molecular weight excluding hydrogens is 1510 g/mol. The lowest BCUT2D eigenvalue weighted by Crippen LogP contribution is -2.55. The Morgan fingerprint density at radius 3 is 1.59 bits per heavy atom. The lowest BCUT2D eigenvalue weighted by Gasteiger charge is -2.31. The fourth-order valence-corrected chi connectivity index (χ4v) is 16.6. The Labute approximate surface area is 700 Å². The van der Waals surface area contributed by atoms with Crippen molar-refractivity contribution in [2.45, 2.75) is 187 Å². The van der Waals surface area contributed by atoms with Crippen LogP contribution in [0.25, 0.3) is 0 Å². The van der Waals surface area contributed by atoms with Gasteiger partial charge in [-0.15, -0.1) is 26.3 Å². The number of nitrogens with two attached hydrogens (primary N) is 1. The van der Waals surface area contributed by atoms with Gasteiger partial charge in [0.1, 0.15) is 35.4 Å². The maximum Gasteiger partial charge on any atom is 0.326 e. The van der Waals surface area contributed by atoms with Crippen molar-refractivity contribution in [3.05, 3.63) is 258 Å². The molecule has 25 nitrogen and oxygen atoms in total. The first-order chi connectivity index (χ1) is 57.8. The average Bonchev–Trinajstić information content (AvgIpc) is 1.66. The van der Waals surface area contributed by atoms with E-state index in [0.29, 0.717) is 110 Å². The van der Waals surface area contributed by atoms with Crippen LogP contribution in [0.15, 0.2) is 208 Å². The number of fused-ring (bicyclic) bond motifs is 7. The van der Waals surface area contributed by atoms with Crippen LogP contribution in [0, 0.1) is 0 Å². The topological polar surface area (TPSA) is 335 Å². The van der Waals surface area contributed by atoms with E-state index < -0.39 is 54.5 Å². The number of carboxylic acids is 1. The van der Waals surface area contributed by atoms with E-state index in [1.165, 1.54) is 11.0 Å². The molecule has 0 aromatic heterocycles. The number of aliphatic carboxylic acids is 1. The number of aliphatic hydroxyl groups excluding tert-OH is 3. The smallest absolute Gasteiger partial charge is 0.326 e. The first-order valence-electron chi connectivity index (χ1n) is 41.6. The molecule has 13 rings (SSSR count). The molecular formula is C94H121N9O16. The Hall–Kier alpha value is -10.2. The van der Waals surface area contributed by atoms with Crippen LogP contribution in [0.2, 0.25) is 0 Å². The highest BCUT2D eigenvalue weighted by molar-refractivity contribution is 5.90. The van der Waals surface area contributed by atoms with E-state index in [-0.39, 0.29) is 85.1 Å². The van der Waals surface area contributed by atoms with Gasteiger partial charge in [0, 0.05) is 82.7 Å². The van der Waals surface area contributed by atoms with Crippen LogP contribution in [0.5, 0.6) is 17.2 Å². The Morgan fingerprint density at radius 1 is 0.588 bits per heavy atom. The average molecular weight is 1630 g/mol. The molecule has 3 aliphatic carbocycles. The van der Waals surface area contributed by atoms with Crippen LogP contribution >= 0.6 is 0 Å². The highest BCUT2D eigenvalue weighted by atomic mass is 16.5. The number of benzene rings is 6. The third-order valence-electron chi connectivity index (χ3n) is 23.0. The van der Waals surface area contributed by atoms with E-state index in [1.807, 2.05) is 146 Å². The molecule has 25 heteroatoms. The second kappa shape index (κ2) is 46.4. The number of aliphatic hydroxyl groups is 3. The van der Waals surface area contributed by atoms with Gasteiger partial charge in [-0.05, 0) is 164 Å². The number of nitrogens with zero attached hydrogens (tertiary/aromatic N) is 3. The van der Waals surface area contributed by atoms with E-state index in [0.717, 1.165) is 99.4 Å². The Morgan fingerprint density at radius 2 is 1.08 bits per heavy atom. The van der Waals surface area contributed by atoms with E-state index in [2.05, 4.69) is 65.0 Å². The predicted octanol–water partition coefficient (Wildman–Crippen LogP) is 10.00. The van der Waals surface area contributed by atoms with E-state index in [4.69, 9.17) is 39.3 Å². The molecule has 6 aromatic carbocycles. The highest BCUT2D eigenvalue weighted by Gasteiger charge is 2.40. The summed E-state index contributed by atoms with van der Waals surface area (Å²) >= 11 is 0. The zero-order valence-corrected chi connectivity index (χ0v) is 68.9. The minimum atomic E-state index is -0.949.